The topological polar surface area (TPSA) is 85.8 Å². The van der Waals surface area contributed by atoms with Gasteiger partial charge in [0.05, 0.1) is 10.7 Å². The van der Waals surface area contributed by atoms with E-state index in [2.05, 4.69) is 15.4 Å². The van der Waals surface area contributed by atoms with Crippen LogP contribution in [0, 0.1) is 0 Å². The lowest BCUT2D eigenvalue weighted by atomic mass is 10.2. The van der Waals surface area contributed by atoms with Gasteiger partial charge in [0.25, 0.3) is 5.91 Å². The molecule has 126 valence electrons. The molecule has 0 bridgehead atoms. The summed E-state index contributed by atoms with van der Waals surface area (Å²) in [4.78, 5) is 16.5. The van der Waals surface area contributed by atoms with Crippen LogP contribution in [0.5, 0.6) is 0 Å². The monoisotopic (exact) mass is 357 g/mol. The molecule has 1 atom stereocenters. The van der Waals surface area contributed by atoms with Crippen molar-refractivity contribution in [2.75, 3.05) is 6.54 Å². The standard InChI is InChI=1S/C15H20ClN5O.ClH/c1-9(2)14-19-13(15(22)18-10(3)8-17)20-21(14)12-7-5-4-6-11(12)16;/h4-7,9-10H,8,17H2,1-3H3,(H,18,22);1H/t10-;/m0./s1. The molecule has 0 aliphatic heterocycles. The van der Waals surface area contributed by atoms with Crippen LogP contribution in [-0.4, -0.2) is 33.3 Å². The fourth-order valence-corrected chi connectivity index (χ4v) is 2.16. The van der Waals surface area contributed by atoms with Crippen LogP contribution in [0.3, 0.4) is 0 Å². The minimum Gasteiger partial charge on any atom is -0.346 e. The van der Waals surface area contributed by atoms with Gasteiger partial charge in [-0.3, -0.25) is 4.79 Å². The molecule has 0 fully saturated rings. The highest BCUT2D eigenvalue weighted by Crippen LogP contribution is 2.23. The van der Waals surface area contributed by atoms with E-state index in [9.17, 15) is 4.79 Å². The van der Waals surface area contributed by atoms with Gasteiger partial charge in [-0.25, -0.2) is 9.67 Å². The highest BCUT2D eigenvalue weighted by atomic mass is 35.5. The first kappa shape index (κ1) is 19.4. The van der Waals surface area contributed by atoms with Gasteiger partial charge in [-0.1, -0.05) is 37.6 Å². The Morgan fingerprint density at radius 2 is 2.00 bits per heavy atom. The maximum atomic E-state index is 12.2. The van der Waals surface area contributed by atoms with Crippen molar-refractivity contribution in [3.05, 3.63) is 40.9 Å². The van der Waals surface area contributed by atoms with Gasteiger partial charge >= 0.3 is 0 Å². The van der Waals surface area contributed by atoms with E-state index in [-0.39, 0.29) is 36.1 Å². The Kier molecular flexibility index (Phi) is 7.00. The average molecular weight is 358 g/mol. The smallest absolute Gasteiger partial charge is 0.291 e. The van der Waals surface area contributed by atoms with E-state index in [4.69, 9.17) is 17.3 Å². The normalized spacial score (nSPS) is 11.9. The lowest BCUT2D eigenvalue weighted by molar-refractivity contribution is 0.0931. The number of amides is 1. The summed E-state index contributed by atoms with van der Waals surface area (Å²) in [6.45, 7) is 6.16. The van der Waals surface area contributed by atoms with Crippen molar-refractivity contribution in [2.45, 2.75) is 32.7 Å². The molecule has 2 aromatic rings. The van der Waals surface area contributed by atoms with Gasteiger partial charge in [0.15, 0.2) is 0 Å². The van der Waals surface area contributed by atoms with Crippen LogP contribution in [0.2, 0.25) is 5.02 Å². The van der Waals surface area contributed by atoms with Crippen LogP contribution >= 0.6 is 24.0 Å². The van der Waals surface area contributed by atoms with Crippen LogP contribution in [0.25, 0.3) is 5.69 Å². The van der Waals surface area contributed by atoms with Crippen LogP contribution in [0.1, 0.15) is 43.1 Å². The van der Waals surface area contributed by atoms with Crippen LogP contribution < -0.4 is 11.1 Å². The second-order valence-electron chi connectivity index (χ2n) is 5.42. The molecule has 1 aromatic heterocycles. The summed E-state index contributed by atoms with van der Waals surface area (Å²) in [6, 6.07) is 7.19. The molecule has 1 heterocycles. The van der Waals surface area contributed by atoms with Crippen LogP contribution in [0.15, 0.2) is 24.3 Å². The minimum absolute atomic E-state index is 0. The molecule has 8 heteroatoms. The van der Waals surface area contributed by atoms with E-state index in [1.165, 1.54) is 0 Å². The number of benzene rings is 1. The summed E-state index contributed by atoms with van der Waals surface area (Å²) in [6.07, 6.45) is 0. The van der Waals surface area contributed by atoms with Gasteiger partial charge < -0.3 is 11.1 Å². The number of halogens is 2. The number of rotatable bonds is 5. The fraction of sp³-hybridized carbons (Fsp3) is 0.400. The number of para-hydroxylation sites is 1. The molecule has 0 saturated carbocycles. The molecule has 1 amide bonds. The van der Waals surface area contributed by atoms with Gasteiger partial charge in [0.1, 0.15) is 5.82 Å². The number of aromatic nitrogens is 3. The second kappa shape index (κ2) is 8.29. The molecule has 23 heavy (non-hydrogen) atoms. The third-order valence-electron chi connectivity index (χ3n) is 3.16. The molecular formula is C15H21Cl2N5O. The molecule has 0 unspecified atom stereocenters. The highest BCUT2D eigenvalue weighted by molar-refractivity contribution is 6.32. The van der Waals surface area contributed by atoms with E-state index in [1.54, 1.807) is 10.7 Å². The van der Waals surface area contributed by atoms with Gasteiger partial charge in [0, 0.05) is 18.5 Å². The molecule has 0 spiro atoms. The Bertz CT molecular complexity index is 672. The summed E-state index contributed by atoms with van der Waals surface area (Å²) in [5.41, 5.74) is 6.21. The average Bonchev–Trinajstić information content (AvgIpc) is 2.92. The molecule has 3 N–H and O–H groups in total. The molecule has 0 radical (unpaired) electrons. The molecule has 0 saturated heterocycles. The van der Waals surface area contributed by atoms with Gasteiger partial charge in [-0.05, 0) is 19.1 Å². The predicted molar refractivity (Wildman–Crippen MR) is 93.7 cm³/mol. The van der Waals surface area contributed by atoms with Crippen molar-refractivity contribution in [3.63, 3.8) is 0 Å². The number of hydrogen-bond acceptors (Lipinski definition) is 4. The minimum atomic E-state index is -0.342. The number of carbonyl (C=O) groups excluding carboxylic acids is 1. The zero-order valence-electron chi connectivity index (χ0n) is 13.3. The molecule has 2 rings (SSSR count). The quantitative estimate of drug-likeness (QED) is 0.860. The van der Waals surface area contributed by atoms with Crippen molar-refractivity contribution in [2.24, 2.45) is 5.73 Å². The van der Waals surface area contributed by atoms with Crippen molar-refractivity contribution >= 4 is 29.9 Å². The van der Waals surface area contributed by atoms with Gasteiger partial charge in [0.2, 0.25) is 5.82 Å². The summed E-state index contributed by atoms with van der Waals surface area (Å²) in [5.74, 6) is 0.547. The zero-order chi connectivity index (χ0) is 16.3. The third-order valence-corrected chi connectivity index (χ3v) is 3.48. The molecule has 1 aromatic carbocycles. The molecular weight excluding hydrogens is 337 g/mol. The summed E-state index contributed by atoms with van der Waals surface area (Å²) in [5, 5.41) is 7.63. The number of nitrogens with two attached hydrogens (primary N) is 1. The highest BCUT2D eigenvalue weighted by Gasteiger charge is 2.21. The number of nitrogens with one attached hydrogen (secondary N) is 1. The Hall–Kier alpha value is -1.63. The van der Waals surface area contributed by atoms with E-state index in [0.29, 0.717) is 23.1 Å². The number of carbonyl (C=O) groups is 1. The first-order valence-corrected chi connectivity index (χ1v) is 7.54. The van der Waals surface area contributed by atoms with Gasteiger partial charge in [-0.15, -0.1) is 17.5 Å². The SMILES string of the molecule is CC(C)c1nc(C(=O)N[C@@H](C)CN)nn1-c1ccccc1Cl.Cl. The Balaban J connectivity index is 0.00000264. The lowest BCUT2D eigenvalue weighted by Gasteiger charge is -2.09. The van der Waals surface area contributed by atoms with Crippen molar-refractivity contribution < 1.29 is 4.79 Å². The summed E-state index contributed by atoms with van der Waals surface area (Å²) in [7, 11) is 0. The summed E-state index contributed by atoms with van der Waals surface area (Å²) >= 11 is 6.23. The van der Waals surface area contributed by atoms with Crippen molar-refractivity contribution in [3.8, 4) is 5.69 Å². The molecule has 0 aliphatic rings. The van der Waals surface area contributed by atoms with Crippen molar-refractivity contribution in [1.82, 2.24) is 20.1 Å². The van der Waals surface area contributed by atoms with E-state index in [0.717, 1.165) is 0 Å². The zero-order valence-corrected chi connectivity index (χ0v) is 14.9. The maximum absolute atomic E-state index is 12.2. The molecule has 0 aliphatic carbocycles. The first-order valence-electron chi connectivity index (χ1n) is 7.16. The molecule has 6 nitrogen and oxygen atoms in total. The predicted octanol–water partition coefficient (Wildman–Crippen LogP) is 2.54. The van der Waals surface area contributed by atoms with Crippen molar-refractivity contribution in [1.29, 1.82) is 0 Å². The number of nitrogens with zero attached hydrogens (tertiary/aromatic N) is 3. The number of hydrogen-bond donors (Lipinski definition) is 2. The van der Waals surface area contributed by atoms with E-state index >= 15 is 0 Å². The Labute approximate surface area is 146 Å². The lowest BCUT2D eigenvalue weighted by Crippen LogP contribution is -2.38. The Morgan fingerprint density at radius 1 is 1.35 bits per heavy atom. The largest absolute Gasteiger partial charge is 0.346 e. The maximum Gasteiger partial charge on any atom is 0.291 e. The first-order chi connectivity index (χ1) is 10.4. The summed E-state index contributed by atoms with van der Waals surface area (Å²) < 4.78 is 1.62. The fourth-order valence-electron chi connectivity index (χ4n) is 1.94. The van der Waals surface area contributed by atoms with Gasteiger partial charge in [-0.2, -0.15) is 0 Å². The third kappa shape index (κ3) is 4.43. The second-order valence-corrected chi connectivity index (χ2v) is 5.83. The van der Waals surface area contributed by atoms with Crippen LogP contribution in [0.4, 0.5) is 0 Å². The van der Waals surface area contributed by atoms with E-state index in [1.807, 2.05) is 39.0 Å². The van der Waals surface area contributed by atoms with Crippen LogP contribution in [-0.2, 0) is 0 Å². The Morgan fingerprint density at radius 3 is 2.57 bits per heavy atom. The van der Waals surface area contributed by atoms with E-state index < -0.39 is 0 Å².